The number of rotatable bonds is 3. The molecule has 5 nitrogen and oxygen atoms in total. The van der Waals surface area contributed by atoms with Crippen LogP contribution in [-0.2, 0) is 4.74 Å². The van der Waals surface area contributed by atoms with Gasteiger partial charge in [-0.05, 0) is 39.0 Å². The molecule has 21 heavy (non-hydrogen) atoms. The quantitative estimate of drug-likeness (QED) is 0.509. The molecule has 1 rings (SSSR count). The maximum atomic E-state index is 11.4. The zero-order valence-corrected chi connectivity index (χ0v) is 12.4. The molecule has 0 aromatic heterocycles. The summed E-state index contributed by atoms with van der Waals surface area (Å²) in [7, 11) is 0. The molecular weight excluding hydrogens is 270 g/mol. The van der Waals surface area contributed by atoms with E-state index >= 15 is 0 Å². The second kappa shape index (κ2) is 7.34. The smallest absolute Gasteiger partial charge is 0.407 e. The maximum Gasteiger partial charge on any atom is 0.407 e. The van der Waals surface area contributed by atoms with Crippen molar-refractivity contribution in [3.05, 3.63) is 29.3 Å². The lowest BCUT2D eigenvalue weighted by Crippen LogP contribution is -2.32. The molecule has 1 aromatic carbocycles. The highest BCUT2D eigenvalue weighted by Crippen LogP contribution is 2.14. The number of amides is 1. The summed E-state index contributed by atoms with van der Waals surface area (Å²) in [6.07, 6.45) is 0.587. The first-order valence-electron chi connectivity index (χ1n) is 6.56. The van der Waals surface area contributed by atoms with Crippen LogP contribution in [0, 0.1) is 11.8 Å². The van der Waals surface area contributed by atoms with Gasteiger partial charge in [0.1, 0.15) is 11.4 Å². The van der Waals surface area contributed by atoms with Gasteiger partial charge in [0.25, 0.3) is 0 Å². The Bertz CT molecular complexity index is 576. The van der Waals surface area contributed by atoms with Crippen LogP contribution in [0.1, 0.15) is 43.1 Å². The number of aldehydes is 1. The van der Waals surface area contributed by atoms with Gasteiger partial charge < -0.3 is 15.2 Å². The Morgan fingerprint density at radius 2 is 2.14 bits per heavy atom. The van der Waals surface area contributed by atoms with Crippen LogP contribution >= 0.6 is 0 Å². The van der Waals surface area contributed by atoms with Crippen molar-refractivity contribution in [2.75, 3.05) is 6.54 Å². The fourth-order valence-electron chi connectivity index (χ4n) is 1.46. The molecule has 0 bridgehead atoms. The summed E-state index contributed by atoms with van der Waals surface area (Å²) in [6, 6.07) is 4.40. The first-order chi connectivity index (χ1) is 9.81. The number of alkyl carbamates (subject to hydrolysis) is 1. The summed E-state index contributed by atoms with van der Waals surface area (Å²) >= 11 is 0. The van der Waals surface area contributed by atoms with Crippen molar-refractivity contribution in [1.82, 2.24) is 5.32 Å². The number of phenols is 1. The van der Waals surface area contributed by atoms with E-state index in [9.17, 15) is 14.7 Å². The number of phenolic OH excluding ortho intramolecular Hbond substituents is 1. The first-order valence-corrected chi connectivity index (χ1v) is 6.56. The van der Waals surface area contributed by atoms with E-state index < -0.39 is 11.7 Å². The summed E-state index contributed by atoms with van der Waals surface area (Å²) in [5.41, 5.74) is 0.350. The molecule has 0 spiro atoms. The lowest BCUT2D eigenvalue weighted by atomic mass is 10.1. The number of ether oxygens (including phenoxy) is 1. The Morgan fingerprint density at radius 3 is 2.76 bits per heavy atom. The van der Waals surface area contributed by atoms with E-state index in [1.165, 1.54) is 12.1 Å². The predicted molar refractivity (Wildman–Crippen MR) is 79.2 cm³/mol. The van der Waals surface area contributed by atoms with Crippen LogP contribution in [0.5, 0.6) is 5.75 Å². The Kier molecular flexibility index (Phi) is 5.79. The lowest BCUT2D eigenvalue weighted by Gasteiger charge is -2.19. The highest BCUT2D eigenvalue weighted by atomic mass is 16.6. The summed E-state index contributed by atoms with van der Waals surface area (Å²) in [5, 5.41) is 11.9. The van der Waals surface area contributed by atoms with Gasteiger partial charge in [0, 0.05) is 24.1 Å². The standard InChI is InChI=1S/C16H19NO4/c1-16(2,3)21-15(20)17-9-5-4-6-12-7-8-14(19)10-13(12)11-18/h7-8,10-11,19H,5,9H2,1-3H3,(H,17,20). The molecule has 1 aromatic rings. The van der Waals surface area contributed by atoms with Crippen LogP contribution < -0.4 is 5.32 Å². The third kappa shape index (κ3) is 6.48. The van der Waals surface area contributed by atoms with E-state index in [2.05, 4.69) is 17.2 Å². The van der Waals surface area contributed by atoms with Gasteiger partial charge >= 0.3 is 6.09 Å². The molecule has 5 heteroatoms. The maximum absolute atomic E-state index is 11.4. The van der Waals surface area contributed by atoms with Crippen molar-refractivity contribution in [3.8, 4) is 17.6 Å². The predicted octanol–water partition coefficient (Wildman–Crippen LogP) is 2.47. The van der Waals surface area contributed by atoms with Crippen LogP contribution in [0.2, 0.25) is 0 Å². The zero-order valence-electron chi connectivity index (χ0n) is 12.4. The van der Waals surface area contributed by atoms with Crippen molar-refractivity contribution in [2.45, 2.75) is 32.8 Å². The molecule has 0 saturated carbocycles. The molecule has 0 unspecified atom stereocenters. The summed E-state index contributed by atoms with van der Waals surface area (Å²) in [5.74, 6) is 5.70. The normalized spacial score (nSPS) is 10.2. The van der Waals surface area contributed by atoms with Gasteiger partial charge in [-0.15, -0.1) is 0 Å². The first kappa shape index (κ1) is 16.6. The minimum absolute atomic E-state index is 0.0224. The van der Waals surface area contributed by atoms with Gasteiger partial charge in [0.15, 0.2) is 6.29 Å². The van der Waals surface area contributed by atoms with E-state index in [-0.39, 0.29) is 5.75 Å². The van der Waals surface area contributed by atoms with Crippen molar-refractivity contribution < 1.29 is 19.4 Å². The Morgan fingerprint density at radius 1 is 1.43 bits per heavy atom. The van der Waals surface area contributed by atoms with Crippen LogP contribution in [0.3, 0.4) is 0 Å². The molecule has 0 aliphatic carbocycles. The lowest BCUT2D eigenvalue weighted by molar-refractivity contribution is 0.0529. The van der Waals surface area contributed by atoms with E-state index in [0.717, 1.165) is 0 Å². The molecule has 0 aliphatic rings. The number of hydrogen-bond acceptors (Lipinski definition) is 4. The molecule has 0 fully saturated rings. The molecule has 2 N–H and O–H groups in total. The summed E-state index contributed by atoms with van der Waals surface area (Å²) in [4.78, 5) is 22.2. The molecule has 0 saturated heterocycles. The van der Waals surface area contributed by atoms with Crippen LogP contribution in [-0.4, -0.2) is 29.6 Å². The van der Waals surface area contributed by atoms with Crippen LogP contribution in [0.15, 0.2) is 18.2 Å². The molecule has 112 valence electrons. The second-order valence-corrected chi connectivity index (χ2v) is 5.37. The number of hydrogen-bond donors (Lipinski definition) is 2. The van der Waals surface area contributed by atoms with Crippen molar-refractivity contribution >= 4 is 12.4 Å². The van der Waals surface area contributed by atoms with Crippen molar-refractivity contribution in [1.29, 1.82) is 0 Å². The molecule has 1 amide bonds. The number of carbonyl (C=O) groups excluding carboxylic acids is 2. The number of aromatic hydroxyl groups is 1. The SMILES string of the molecule is CC(C)(C)OC(=O)NCCC#Cc1ccc(O)cc1C=O. The van der Waals surface area contributed by atoms with E-state index in [1.54, 1.807) is 26.8 Å². The minimum Gasteiger partial charge on any atom is -0.508 e. The molecule has 0 aliphatic heterocycles. The molecule has 0 atom stereocenters. The fraction of sp³-hybridized carbons (Fsp3) is 0.375. The zero-order chi connectivity index (χ0) is 15.9. The average molecular weight is 289 g/mol. The van der Waals surface area contributed by atoms with Gasteiger partial charge in [0.2, 0.25) is 0 Å². The van der Waals surface area contributed by atoms with E-state index in [4.69, 9.17) is 4.74 Å². The van der Waals surface area contributed by atoms with Crippen molar-refractivity contribution in [3.63, 3.8) is 0 Å². The molecule has 0 heterocycles. The topological polar surface area (TPSA) is 75.6 Å². The third-order valence-corrected chi connectivity index (χ3v) is 2.30. The average Bonchev–Trinajstić information content (AvgIpc) is 2.37. The Hall–Kier alpha value is -2.48. The molecule has 0 radical (unpaired) electrons. The Labute approximate surface area is 124 Å². The highest BCUT2D eigenvalue weighted by Gasteiger charge is 2.15. The van der Waals surface area contributed by atoms with Gasteiger partial charge in [0.05, 0.1) is 0 Å². The summed E-state index contributed by atoms with van der Waals surface area (Å²) in [6.45, 7) is 5.73. The van der Waals surface area contributed by atoms with E-state index in [1.807, 2.05) is 0 Å². The Balaban J connectivity index is 2.47. The highest BCUT2D eigenvalue weighted by molar-refractivity contribution is 5.80. The molecular formula is C16H19NO4. The van der Waals surface area contributed by atoms with Gasteiger partial charge in [-0.1, -0.05) is 11.8 Å². The largest absolute Gasteiger partial charge is 0.508 e. The third-order valence-electron chi connectivity index (χ3n) is 2.30. The number of benzene rings is 1. The van der Waals surface area contributed by atoms with Gasteiger partial charge in [-0.3, -0.25) is 4.79 Å². The fourth-order valence-corrected chi connectivity index (χ4v) is 1.46. The second-order valence-electron chi connectivity index (χ2n) is 5.37. The monoisotopic (exact) mass is 289 g/mol. The van der Waals surface area contributed by atoms with Crippen molar-refractivity contribution in [2.24, 2.45) is 0 Å². The van der Waals surface area contributed by atoms with E-state index in [0.29, 0.717) is 30.4 Å². The van der Waals surface area contributed by atoms with Crippen LogP contribution in [0.4, 0.5) is 4.79 Å². The van der Waals surface area contributed by atoms with Gasteiger partial charge in [-0.2, -0.15) is 0 Å². The van der Waals surface area contributed by atoms with Crippen LogP contribution in [0.25, 0.3) is 0 Å². The number of nitrogens with one attached hydrogen (secondary N) is 1. The number of carbonyl (C=O) groups is 2. The summed E-state index contributed by atoms with van der Waals surface area (Å²) < 4.78 is 5.08. The van der Waals surface area contributed by atoms with Gasteiger partial charge in [-0.25, -0.2) is 4.79 Å². The minimum atomic E-state index is -0.527.